The zero-order valence-corrected chi connectivity index (χ0v) is 19.3. The molecule has 1 aromatic carbocycles. The second kappa shape index (κ2) is 10.0. The first-order chi connectivity index (χ1) is 15.5. The second-order valence-electron chi connectivity index (χ2n) is 8.84. The summed E-state index contributed by atoms with van der Waals surface area (Å²) in [6.45, 7) is 3.66. The van der Waals surface area contributed by atoms with Crippen LogP contribution in [0.4, 0.5) is 0 Å². The van der Waals surface area contributed by atoms with Crippen LogP contribution in [-0.4, -0.2) is 68.8 Å². The van der Waals surface area contributed by atoms with Crippen molar-refractivity contribution in [3.8, 4) is 11.3 Å². The highest BCUT2D eigenvalue weighted by Gasteiger charge is 2.35. The van der Waals surface area contributed by atoms with Crippen molar-refractivity contribution in [1.29, 1.82) is 0 Å². The number of β-amino-alcohol motifs (C(OH)–C–C–N with tert-alkyl or cyclic N) is 1. The van der Waals surface area contributed by atoms with Crippen molar-refractivity contribution in [3.63, 3.8) is 0 Å². The van der Waals surface area contributed by atoms with Crippen molar-refractivity contribution < 1.29 is 14.7 Å². The van der Waals surface area contributed by atoms with Gasteiger partial charge in [-0.3, -0.25) is 14.3 Å². The van der Waals surface area contributed by atoms with E-state index in [1.54, 1.807) is 9.80 Å². The van der Waals surface area contributed by atoms with E-state index in [9.17, 15) is 14.7 Å². The normalized spacial score (nSPS) is 21.0. The lowest BCUT2D eigenvalue weighted by Crippen LogP contribution is -2.51. The van der Waals surface area contributed by atoms with E-state index in [-0.39, 0.29) is 24.4 Å². The van der Waals surface area contributed by atoms with Gasteiger partial charge in [-0.25, -0.2) is 0 Å². The van der Waals surface area contributed by atoms with Crippen LogP contribution in [0.5, 0.6) is 0 Å². The van der Waals surface area contributed by atoms with Gasteiger partial charge in [0.25, 0.3) is 5.91 Å². The number of unbranched alkanes of at least 4 members (excludes halogenated alkanes) is 2. The molecule has 8 heteroatoms. The number of carbonyl (C=O) groups is 2. The van der Waals surface area contributed by atoms with Gasteiger partial charge in [0.05, 0.1) is 17.8 Å². The summed E-state index contributed by atoms with van der Waals surface area (Å²) in [6, 6.07) is 9.28. The average Bonchev–Trinajstić information content (AvgIpc) is 3.23. The molecule has 0 saturated carbocycles. The maximum atomic E-state index is 13.3. The number of hydrogen-bond acceptors (Lipinski definition) is 4. The average molecular weight is 459 g/mol. The number of benzene rings is 1. The predicted molar refractivity (Wildman–Crippen MR) is 124 cm³/mol. The van der Waals surface area contributed by atoms with Gasteiger partial charge in [0, 0.05) is 30.2 Å². The molecule has 0 spiro atoms. The van der Waals surface area contributed by atoms with Gasteiger partial charge in [0.1, 0.15) is 12.2 Å². The van der Waals surface area contributed by atoms with Gasteiger partial charge in [0.15, 0.2) is 0 Å². The minimum Gasteiger partial charge on any atom is -0.391 e. The Morgan fingerprint density at radius 1 is 1.22 bits per heavy atom. The molecule has 4 rings (SSSR count). The van der Waals surface area contributed by atoms with Crippen LogP contribution in [-0.2, 0) is 4.79 Å². The number of nitrogens with zero attached hydrogens (tertiary/aromatic N) is 4. The summed E-state index contributed by atoms with van der Waals surface area (Å²) in [7, 11) is 0. The van der Waals surface area contributed by atoms with Crippen molar-refractivity contribution in [2.75, 3.05) is 26.2 Å². The highest BCUT2D eigenvalue weighted by Crippen LogP contribution is 2.30. The van der Waals surface area contributed by atoms with E-state index in [1.807, 2.05) is 35.0 Å². The maximum Gasteiger partial charge on any atom is 0.272 e. The van der Waals surface area contributed by atoms with Crippen molar-refractivity contribution in [2.24, 2.45) is 0 Å². The van der Waals surface area contributed by atoms with Gasteiger partial charge in [-0.05, 0) is 37.5 Å². The molecule has 7 nitrogen and oxygen atoms in total. The number of likely N-dealkylation sites (tertiary alicyclic amines) is 1. The third-order valence-corrected chi connectivity index (χ3v) is 6.63. The molecule has 2 aromatic rings. The fourth-order valence-corrected chi connectivity index (χ4v) is 4.72. The molecule has 1 fully saturated rings. The number of aliphatic hydroxyl groups is 1. The highest BCUT2D eigenvalue weighted by atomic mass is 35.5. The van der Waals surface area contributed by atoms with E-state index < -0.39 is 6.10 Å². The standard InChI is InChI=1S/C24H31ClN4O3/c1-2-3-4-6-19-14-28(16-23(31)27-12-5-7-20(30)15-27)24(32)22-13-21(26-29(19)22)17-8-10-18(25)11-9-17/h8-11,13,19-20,30H,2-7,12,14-16H2,1H3. The van der Waals surface area contributed by atoms with Crippen LogP contribution in [0.2, 0.25) is 5.02 Å². The van der Waals surface area contributed by atoms with Crippen LogP contribution in [0.15, 0.2) is 30.3 Å². The lowest BCUT2D eigenvalue weighted by atomic mass is 10.0. The van der Waals surface area contributed by atoms with Crippen LogP contribution < -0.4 is 0 Å². The van der Waals surface area contributed by atoms with E-state index >= 15 is 0 Å². The SMILES string of the molecule is CCCCCC1CN(CC(=O)N2CCCC(O)C2)C(=O)c2cc(-c3ccc(Cl)cc3)nn21. The number of piperidine rings is 1. The molecule has 1 aromatic heterocycles. The van der Waals surface area contributed by atoms with Crippen molar-refractivity contribution in [3.05, 3.63) is 41.0 Å². The molecule has 2 aliphatic heterocycles. The van der Waals surface area contributed by atoms with Crippen LogP contribution in [0.25, 0.3) is 11.3 Å². The van der Waals surface area contributed by atoms with Crippen LogP contribution in [0.3, 0.4) is 0 Å². The Labute approximate surface area is 193 Å². The third kappa shape index (κ3) is 4.99. The summed E-state index contributed by atoms with van der Waals surface area (Å²) >= 11 is 6.02. The molecule has 172 valence electrons. The number of amides is 2. The highest BCUT2D eigenvalue weighted by molar-refractivity contribution is 6.30. The van der Waals surface area contributed by atoms with Crippen LogP contribution >= 0.6 is 11.6 Å². The molecule has 2 unspecified atom stereocenters. The van der Waals surface area contributed by atoms with E-state index in [0.29, 0.717) is 30.4 Å². The Hall–Kier alpha value is -2.38. The largest absolute Gasteiger partial charge is 0.391 e. The summed E-state index contributed by atoms with van der Waals surface area (Å²) < 4.78 is 1.85. The van der Waals surface area contributed by atoms with Crippen LogP contribution in [0, 0.1) is 0 Å². The monoisotopic (exact) mass is 458 g/mol. The van der Waals surface area contributed by atoms with Gasteiger partial charge < -0.3 is 14.9 Å². The van der Waals surface area contributed by atoms with E-state index in [1.165, 1.54) is 0 Å². The Morgan fingerprint density at radius 3 is 2.72 bits per heavy atom. The fourth-order valence-electron chi connectivity index (χ4n) is 4.60. The maximum absolute atomic E-state index is 13.3. The smallest absolute Gasteiger partial charge is 0.272 e. The van der Waals surface area contributed by atoms with Gasteiger partial charge in [-0.2, -0.15) is 5.10 Å². The van der Waals surface area contributed by atoms with Crippen molar-refractivity contribution in [1.82, 2.24) is 19.6 Å². The summed E-state index contributed by atoms with van der Waals surface area (Å²) in [5, 5.41) is 15.3. The molecule has 2 aliphatic rings. The lowest BCUT2D eigenvalue weighted by Gasteiger charge is -2.36. The topological polar surface area (TPSA) is 78.7 Å². The molecular formula is C24H31ClN4O3. The zero-order chi connectivity index (χ0) is 22.7. The third-order valence-electron chi connectivity index (χ3n) is 6.38. The molecule has 2 atom stereocenters. The molecule has 0 aliphatic carbocycles. The number of halogens is 1. The molecule has 0 radical (unpaired) electrons. The second-order valence-corrected chi connectivity index (χ2v) is 9.27. The Kier molecular flexibility index (Phi) is 7.16. The van der Waals surface area contributed by atoms with E-state index in [4.69, 9.17) is 16.7 Å². The van der Waals surface area contributed by atoms with Gasteiger partial charge in [0.2, 0.25) is 5.91 Å². The van der Waals surface area contributed by atoms with Crippen molar-refractivity contribution >= 4 is 23.4 Å². The summed E-state index contributed by atoms with van der Waals surface area (Å²) in [6.07, 6.45) is 5.22. The predicted octanol–water partition coefficient (Wildman–Crippen LogP) is 3.76. The lowest BCUT2D eigenvalue weighted by molar-refractivity contribution is -0.135. The number of aliphatic hydroxyl groups excluding tert-OH is 1. The minimum absolute atomic E-state index is 0.0371. The molecule has 1 saturated heterocycles. The summed E-state index contributed by atoms with van der Waals surface area (Å²) in [5.41, 5.74) is 2.16. The Bertz CT molecular complexity index is 959. The van der Waals surface area contributed by atoms with Gasteiger partial charge in [-0.15, -0.1) is 0 Å². The molecule has 0 bridgehead atoms. The number of carbonyl (C=O) groups excluding carboxylic acids is 2. The zero-order valence-electron chi connectivity index (χ0n) is 18.5. The van der Waals surface area contributed by atoms with Crippen molar-refractivity contribution in [2.45, 2.75) is 57.6 Å². The molecule has 32 heavy (non-hydrogen) atoms. The quantitative estimate of drug-likeness (QED) is 0.640. The summed E-state index contributed by atoms with van der Waals surface area (Å²) in [4.78, 5) is 29.5. The number of hydrogen-bond donors (Lipinski definition) is 1. The van der Waals surface area contributed by atoms with E-state index in [0.717, 1.165) is 49.8 Å². The fraction of sp³-hybridized carbons (Fsp3) is 0.542. The molecular weight excluding hydrogens is 428 g/mol. The summed E-state index contributed by atoms with van der Waals surface area (Å²) in [5.74, 6) is -0.273. The number of aromatic nitrogens is 2. The van der Waals surface area contributed by atoms with E-state index in [2.05, 4.69) is 6.92 Å². The van der Waals surface area contributed by atoms with Gasteiger partial charge >= 0.3 is 0 Å². The first-order valence-corrected chi connectivity index (χ1v) is 11.9. The first kappa shape index (κ1) is 22.8. The molecule has 3 heterocycles. The minimum atomic E-state index is -0.477. The molecule has 1 N–H and O–H groups in total. The Morgan fingerprint density at radius 2 is 2.00 bits per heavy atom. The van der Waals surface area contributed by atoms with Gasteiger partial charge in [-0.1, -0.05) is 49.9 Å². The number of fused-ring (bicyclic) bond motifs is 1. The Balaban J connectivity index is 1.57. The molecule has 2 amide bonds. The van der Waals surface area contributed by atoms with Crippen LogP contribution in [0.1, 0.15) is 62.0 Å². The first-order valence-electron chi connectivity index (χ1n) is 11.6. The number of rotatable bonds is 7.